The largest absolute Gasteiger partial charge is 0.477 e. The van der Waals surface area contributed by atoms with E-state index in [2.05, 4.69) is 15.9 Å². The number of thiophene rings is 1. The Morgan fingerprint density at radius 3 is 2.61 bits per heavy atom. The maximum Gasteiger partial charge on any atom is 0.345 e. The Morgan fingerprint density at radius 2 is 2.17 bits per heavy atom. The number of carbonyl (C=O) groups is 1. The highest BCUT2D eigenvalue weighted by molar-refractivity contribution is 9.11. The van der Waals surface area contributed by atoms with Gasteiger partial charge in [0.15, 0.2) is 0 Å². The van der Waals surface area contributed by atoms with Crippen LogP contribution in [0.5, 0.6) is 0 Å². The summed E-state index contributed by atoms with van der Waals surface area (Å²) in [6.07, 6.45) is 1.66. The van der Waals surface area contributed by atoms with Crippen molar-refractivity contribution in [2.24, 2.45) is 0 Å². The average Bonchev–Trinajstić information content (AvgIpc) is 2.68. The van der Waals surface area contributed by atoms with Gasteiger partial charge in [-0.2, -0.15) is 0 Å². The zero-order valence-electron chi connectivity index (χ0n) is 10.0. The van der Waals surface area contributed by atoms with E-state index in [0.29, 0.717) is 10.3 Å². The molecule has 0 amide bonds. The summed E-state index contributed by atoms with van der Waals surface area (Å²) in [5, 5.41) is 8.85. The van der Waals surface area contributed by atoms with E-state index in [1.807, 2.05) is 6.92 Å². The molecule has 0 saturated carbocycles. The summed E-state index contributed by atoms with van der Waals surface area (Å²) in [7, 11) is -2.13. The van der Waals surface area contributed by atoms with Crippen molar-refractivity contribution in [2.75, 3.05) is 13.6 Å². The number of carboxylic acid groups (broad SMARTS) is 1. The lowest BCUT2D eigenvalue weighted by atomic mass is 10.3. The first-order valence-electron chi connectivity index (χ1n) is 5.29. The topological polar surface area (TPSA) is 74.7 Å². The van der Waals surface area contributed by atoms with Crippen LogP contribution in [0.4, 0.5) is 0 Å². The molecule has 0 aliphatic heterocycles. The molecule has 0 unspecified atom stereocenters. The molecule has 1 aromatic heterocycles. The molecule has 0 aromatic carbocycles. The first kappa shape index (κ1) is 15.6. The Labute approximate surface area is 119 Å². The number of halogens is 1. The highest BCUT2D eigenvalue weighted by Gasteiger charge is 2.26. The number of hydrogen-bond donors (Lipinski definition) is 1. The van der Waals surface area contributed by atoms with Crippen molar-refractivity contribution in [3.05, 3.63) is 14.7 Å². The summed E-state index contributed by atoms with van der Waals surface area (Å²) < 4.78 is 26.0. The summed E-state index contributed by atoms with van der Waals surface area (Å²) in [5.41, 5.74) is 0. The molecule has 1 N–H and O–H groups in total. The van der Waals surface area contributed by atoms with Crippen LogP contribution in [0, 0.1) is 0 Å². The molecule has 1 heterocycles. The molecule has 0 bridgehead atoms. The molecule has 0 atom stereocenters. The first-order chi connectivity index (χ1) is 8.30. The van der Waals surface area contributed by atoms with Crippen molar-refractivity contribution >= 4 is 43.3 Å². The van der Waals surface area contributed by atoms with Crippen LogP contribution in [-0.4, -0.2) is 37.4 Å². The van der Waals surface area contributed by atoms with E-state index in [0.717, 1.165) is 24.2 Å². The molecule has 1 rings (SSSR count). The van der Waals surface area contributed by atoms with E-state index in [1.54, 1.807) is 0 Å². The Kier molecular flexibility index (Phi) is 5.32. The summed E-state index contributed by atoms with van der Waals surface area (Å²) in [6.45, 7) is 2.40. The molecule has 8 heteroatoms. The highest BCUT2D eigenvalue weighted by Crippen LogP contribution is 2.33. The number of aromatic carboxylic acids is 1. The maximum atomic E-state index is 12.2. The summed E-state index contributed by atoms with van der Waals surface area (Å²) >= 11 is 4.01. The van der Waals surface area contributed by atoms with Gasteiger partial charge in [0.2, 0.25) is 10.0 Å². The van der Waals surface area contributed by atoms with E-state index < -0.39 is 16.0 Å². The lowest BCUT2D eigenvalue weighted by Gasteiger charge is -2.15. The molecule has 0 aliphatic carbocycles. The standard InChI is InChI=1S/C10H14BrNO4S2/c1-3-4-5-12(2)18(15,16)8-6-7(10(13)14)17-9(8)11/h6H,3-5H2,1-2H3,(H,13,14). The minimum absolute atomic E-state index is 0.00402. The van der Waals surface area contributed by atoms with Gasteiger partial charge in [-0.25, -0.2) is 17.5 Å². The van der Waals surface area contributed by atoms with Crippen LogP contribution in [0.25, 0.3) is 0 Å². The average molecular weight is 356 g/mol. The summed E-state index contributed by atoms with van der Waals surface area (Å²) in [4.78, 5) is 10.8. The smallest absolute Gasteiger partial charge is 0.345 e. The predicted octanol–water partition coefficient (Wildman–Crippen LogP) is 2.63. The van der Waals surface area contributed by atoms with Crippen molar-refractivity contribution in [3.63, 3.8) is 0 Å². The summed E-state index contributed by atoms with van der Waals surface area (Å²) in [6, 6.07) is 1.19. The van der Waals surface area contributed by atoms with Gasteiger partial charge < -0.3 is 5.11 Å². The highest BCUT2D eigenvalue weighted by atomic mass is 79.9. The zero-order valence-corrected chi connectivity index (χ0v) is 13.2. The van der Waals surface area contributed by atoms with Crippen LogP contribution in [0.3, 0.4) is 0 Å². The predicted molar refractivity (Wildman–Crippen MR) is 73.7 cm³/mol. The van der Waals surface area contributed by atoms with E-state index >= 15 is 0 Å². The SMILES string of the molecule is CCCCN(C)S(=O)(=O)c1cc(C(=O)O)sc1Br. The van der Waals surface area contributed by atoms with Gasteiger partial charge in [-0.15, -0.1) is 11.3 Å². The molecular weight excluding hydrogens is 342 g/mol. The third-order valence-corrected chi connectivity index (χ3v) is 6.48. The van der Waals surface area contributed by atoms with E-state index in [-0.39, 0.29) is 9.77 Å². The monoisotopic (exact) mass is 355 g/mol. The van der Waals surface area contributed by atoms with Gasteiger partial charge >= 0.3 is 5.97 Å². The molecule has 5 nitrogen and oxygen atoms in total. The molecule has 0 fully saturated rings. The molecular formula is C10H14BrNO4S2. The number of nitrogens with zero attached hydrogens (tertiary/aromatic N) is 1. The van der Waals surface area contributed by atoms with Gasteiger partial charge in [0.25, 0.3) is 0 Å². The van der Waals surface area contributed by atoms with E-state index in [1.165, 1.54) is 17.4 Å². The Balaban J connectivity index is 3.08. The fraction of sp³-hybridized carbons (Fsp3) is 0.500. The Bertz CT molecular complexity index is 538. The van der Waals surface area contributed by atoms with Crippen LogP contribution < -0.4 is 0 Å². The third kappa shape index (κ3) is 3.31. The molecule has 18 heavy (non-hydrogen) atoms. The lowest BCUT2D eigenvalue weighted by molar-refractivity contribution is 0.0702. The Morgan fingerprint density at radius 1 is 1.56 bits per heavy atom. The van der Waals surface area contributed by atoms with Gasteiger partial charge in [0.1, 0.15) is 9.77 Å². The van der Waals surface area contributed by atoms with Crippen LogP contribution in [-0.2, 0) is 10.0 Å². The second kappa shape index (κ2) is 6.14. The van der Waals surface area contributed by atoms with E-state index in [4.69, 9.17) is 5.11 Å². The number of hydrogen-bond acceptors (Lipinski definition) is 4. The van der Waals surface area contributed by atoms with Crippen LogP contribution in [0.2, 0.25) is 0 Å². The maximum absolute atomic E-state index is 12.2. The molecule has 0 spiro atoms. The van der Waals surface area contributed by atoms with Gasteiger partial charge in [-0.1, -0.05) is 13.3 Å². The summed E-state index contributed by atoms with van der Waals surface area (Å²) in [5.74, 6) is -1.13. The molecule has 102 valence electrons. The third-order valence-electron chi connectivity index (χ3n) is 2.38. The van der Waals surface area contributed by atoms with Crippen LogP contribution >= 0.6 is 27.3 Å². The van der Waals surface area contributed by atoms with Gasteiger partial charge in [-0.05, 0) is 28.4 Å². The quantitative estimate of drug-likeness (QED) is 0.850. The minimum atomic E-state index is -3.62. The fourth-order valence-corrected chi connectivity index (χ4v) is 4.86. The lowest BCUT2D eigenvalue weighted by Crippen LogP contribution is -2.27. The Hall–Kier alpha value is -0.440. The second-order valence-electron chi connectivity index (χ2n) is 3.73. The van der Waals surface area contributed by atoms with E-state index in [9.17, 15) is 13.2 Å². The fourth-order valence-electron chi connectivity index (χ4n) is 1.30. The van der Waals surface area contributed by atoms with Gasteiger partial charge in [0, 0.05) is 13.6 Å². The zero-order chi connectivity index (χ0) is 13.9. The van der Waals surface area contributed by atoms with Gasteiger partial charge in [0.05, 0.1) is 3.79 Å². The molecule has 1 aromatic rings. The molecule has 0 radical (unpaired) electrons. The van der Waals surface area contributed by atoms with Crippen molar-refractivity contribution in [2.45, 2.75) is 24.7 Å². The number of sulfonamides is 1. The van der Waals surface area contributed by atoms with Crippen molar-refractivity contribution in [3.8, 4) is 0 Å². The van der Waals surface area contributed by atoms with Crippen molar-refractivity contribution in [1.82, 2.24) is 4.31 Å². The minimum Gasteiger partial charge on any atom is -0.477 e. The van der Waals surface area contributed by atoms with Crippen LogP contribution in [0.1, 0.15) is 29.4 Å². The number of rotatable bonds is 6. The van der Waals surface area contributed by atoms with Crippen molar-refractivity contribution in [1.29, 1.82) is 0 Å². The van der Waals surface area contributed by atoms with Crippen LogP contribution in [0.15, 0.2) is 14.7 Å². The first-order valence-corrected chi connectivity index (χ1v) is 8.34. The normalized spacial score (nSPS) is 12.0. The second-order valence-corrected chi connectivity index (χ2v) is 8.12. The number of carboxylic acids is 1. The van der Waals surface area contributed by atoms with Crippen molar-refractivity contribution < 1.29 is 18.3 Å². The molecule has 0 aliphatic rings. The number of unbranched alkanes of at least 4 members (excludes halogenated alkanes) is 1. The van der Waals surface area contributed by atoms with Gasteiger partial charge in [-0.3, -0.25) is 0 Å². The molecule has 0 saturated heterocycles.